The molecule has 5 rings (SSSR count). The lowest BCUT2D eigenvalue weighted by Crippen LogP contribution is -2.44. The van der Waals surface area contributed by atoms with Gasteiger partial charge in [-0.25, -0.2) is 9.59 Å². The number of rotatable bonds is 17. The Labute approximate surface area is 319 Å². The van der Waals surface area contributed by atoms with Crippen LogP contribution in [0.2, 0.25) is 0 Å². The number of ether oxygens (including phenoxy) is 4. The Morgan fingerprint density at radius 1 is 0.891 bits per heavy atom. The average Bonchev–Trinajstić information content (AvgIpc) is 3.54. The lowest BCUT2D eigenvalue weighted by Gasteiger charge is -2.25. The van der Waals surface area contributed by atoms with Crippen LogP contribution in [0, 0.1) is 5.92 Å². The molecule has 0 spiro atoms. The third kappa shape index (κ3) is 11.1. The fraction of sp³-hybridized carbons (Fsp3) is 0.310. The highest BCUT2D eigenvalue weighted by molar-refractivity contribution is 5.86. The van der Waals surface area contributed by atoms with E-state index in [0.29, 0.717) is 31.0 Å². The highest BCUT2D eigenvalue weighted by Crippen LogP contribution is 2.30. The van der Waals surface area contributed by atoms with E-state index < -0.39 is 41.5 Å². The number of nitrogens with one attached hydrogen (secondary N) is 2. The molecule has 13 heteroatoms. The van der Waals surface area contributed by atoms with E-state index in [0.717, 1.165) is 16.7 Å². The van der Waals surface area contributed by atoms with Gasteiger partial charge in [-0.15, -0.1) is 0 Å². The molecule has 0 aliphatic carbocycles. The van der Waals surface area contributed by atoms with E-state index in [1.165, 1.54) is 29.0 Å². The van der Waals surface area contributed by atoms with Crippen LogP contribution in [0.4, 0.5) is 10.5 Å². The van der Waals surface area contributed by atoms with Crippen molar-refractivity contribution in [3.8, 4) is 11.5 Å². The molecule has 4 aromatic rings. The maximum atomic E-state index is 14.3. The zero-order valence-electron chi connectivity index (χ0n) is 31.1. The van der Waals surface area contributed by atoms with E-state index in [4.69, 9.17) is 18.9 Å². The zero-order valence-corrected chi connectivity index (χ0v) is 31.1. The summed E-state index contributed by atoms with van der Waals surface area (Å²) in [5.41, 5.74) is 1.68. The number of anilines is 1. The molecule has 2 N–H and O–H groups in total. The summed E-state index contributed by atoms with van der Waals surface area (Å²) in [4.78, 5) is 68.7. The number of likely N-dealkylation sites (tertiary alicyclic amines) is 1. The Kier molecular flexibility index (Phi) is 14.2. The van der Waals surface area contributed by atoms with Gasteiger partial charge in [0.2, 0.25) is 11.8 Å². The zero-order chi connectivity index (χ0) is 39.2. The monoisotopic (exact) mass is 750 g/mol. The topological polar surface area (TPSA) is 154 Å². The van der Waals surface area contributed by atoms with E-state index in [1.807, 2.05) is 72.8 Å². The number of hydrogen-bond donors (Lipinski definition) is 2. The molecular weight excluding hydrogens is 704 g/mol. The van der Waals surface area contributed by atoms with Crippen molar-refractivity contribution in [3.05, 3.63) is 136 Å². The molecule has 1 fully saturated rings. The number of amides is 3. The van der Waals surface area contributed by atoms with Crippen molar-refractivity contribution in [2.24, 2.45) is 5.92 Å². The molecule has 3 amide bonds. The fourth-order valence-electron chi connectivity index (χ4n) is 6.40. The number of esters is 1. The van der Waals surface area contributed by atoms with Gasteiger partial charge in [-0.05, 0) is 55.2 Å². The second-order valence-corrected chi connectivity index (χ2v) is 12.9. The van der Waals surface area contributed by atoms with Crippen LogP contribution in [0.5, 0.6) is 11.5 Å². The number of carbonyl (C=O) groups is 4. The minimum atomic E-state index is -1.08. The molecule has 1 aromatic heterocycles. The van der Waals surface area contributed by atoms with Crippen LogP contribution in [0.25, 0.3) is 0 Å². The fourth-order valence-corrected chi connectivity index (χ4v) is 6.40. The van der Waals surface area contributed by atoms with Crippen LogP contribution in [0.1, 0.15) is 42.5 Å². The Morgan fingerprint density at radius 3 is 2.31 bits per heavy atom. The van der Waals surface area contributed by atoms with Crippen LogP contribution in [-0.2, 0) is 43.4 Å². The smallest absolute Gasteiger partial charge is 0.412 e. The van der Waals surface area contributed by atoms with Gasteiger partial charge in [-0.2, -0.15) is 0 Å². The standard InChI is InChI=1S/C42H46N4O9/c1-4-54-38(47)20-18-33(25-31-21-23-45(40(31)49)27-32-17-19-34(52-2)26-37(32)53-3)43-39(48)36(24-29-12-7-5-8-13-29)46-22-11-16-35(41(46)50)44-42(51)55-28-30-14-9-6-10-15-30/h5-20,22,26,31,33,36H,4,21,23-25,27-28H2,1-3H3,(H,43,48)(H,44,51)/b20-18+/t31-,33-,36+/m1/s1. The minimum absolute atomic E-state index is 0.00434. The lowest BCUT2D eigenvalue weighted by atomic mass is 9.97. The van der Waals surface area contributed by atoms with Crippen LogP contribution < -0.4 is 25.7 Å². The Hall–Kier alpha value is -6.37. The van der Waals surface area contributed by atoms with Crippen molar-refractivity contribution in [2.45, 2.75) is 51.4 Å². The van der Waals surface area contributed by atoms with Crippen molar-refractivity contribution >= 4 is 29.6 Å². The first-order chi connectivity index (χ1) is 26.7. The summed E-state index contributed by atoms with van der Waals surface area (Å²) in [6.45, 7) is 2.67. The van der Waals surface area contributed by atoms with Crippen molar-refractivity contribution in [3.63, 3.8) is 0 Å². The normalized spacial score (nSPS) is 14.9. The third-order valence-corrected chi connectivity index (χ3v) is 9.22. The highest BCUT2D eigenvalue weighted by Gasteiger charge is 2.34. The lowest BCUT2D eigenvalue weighted by molar-refractivity contribution is -0.137. The molecule has 0 bridgehead atoms. The molecule has 55 heavy (non-hydrogen) atoms. The highest BCUT2D eigenvalue weighted by atomic mass is 16.5. The van der Waals surface area contributed by atoms with E-state index in [9.17, 15) is 24.0 Å². The molecule has 288 valence electrons. The molecule has 1 saturated heterocycles. The van der Waals surface area contributed by atoms with E-state index in [1.54, 1.807) is 38.2 Å². The van der Waals surface area contributed by atoms with Gasteiger partial charge in [0.1, 0.15) is 29.8 Å². The van der Waals surface area contributed by atoms with Gasteiger partial charge in [-0.3, -0.25) is 19.7 Å². The molecule has 0 radical (unpaired) electrons. The Balaban J connectivity index is 1.36. The molecule has 3 atom stereocenters. The van der Waals surface area contributed by atoms with Crippen LogP contribution in [0.15, 0.2) is 114 Å². The number of hydrogen-bond acceptors (Lipinski definition) is 9. The van der Waals surface area contributed by atoms with Crippen molar-refractivity contribution in [1.29, 1.82) is 0 Å². The summed E-state index contributed by atoms with van der Waals surface area (Å²) in [6.07, 6.45) is 4.25. The van der Waals surface area contributed by atoms with Gasteiger partial charge in [-0.1, -0.05) is 66.7 Å². The first kappa shape index (κ1) is 39.8. The Morgan fingerprint density at radius 2 is 1.62 bits per heavy atom. The maximum Gasteiger partial charge on any atom is 0.412 e. The molecule has 0 unspecified atom stereocenters. The summed E-state index contributed by atoms with van der Waals surface area (Å²) >= 11 is 0. The minimum Gasteiger partial charge on any atom is -0.497 e. The van der Waals surface area contributed by atoms with Gasteiger partial charge in [0.15, 0.2) is 0 Å². The van der Waals surface area contributed by atoms with Crippen LogP contribution >= 0.6 is 0 Å². The largest absolute Gasteiger partial charge is 0.497 e. The number of benzene rings is 3. The molecule has 0 saturated carbocycles. The van der Waals surface area contributed by atoms with Crippen LogP contribution in [-0.4, -0.2) is 66.8 Å². The second-order valence-electron chi connectivity index (χ2n) is 12.9. The predicted octanol–water partition coefficient (Wildman–Crippen LogP) is 5.44. The number of carbonyl (C=O) groups excluding carboxylic acids is 4. The molecule has 2 heterocycles. The van der Waals surface area contributed by atoms with Crippen molar-refractivity contribution < 1.29 is 38.1 Å². The molecule has 1 aliphatic heterocycles. The molecular formula is C42H46N4O9. The number of aromatic nitrogens is 1. The third-order valence-electron chi connectivity index (χ3n) is 9.22. The number of nitrogens with zero attached hydrogens (tertiary/aromatic N) is 2. The van der Waals surface area contributed by atoms with Gasteiger partial charge in [0.25, 0.3) is 5.56 Å². The van der Waals surface area contributed by atoms with Gasteiger partial charge >= 0.3 is 12.1 Å². The summed E-state index contributed by atoms with van der Waals surface area (Å²) < 4.78 is 22.5. The number of pyridine rings is 1. The Bertz CT molecular complexity index is 2020. The molecule has 1 aliphatic rings. The van der Waals surface area contributed by atoms with E-state index >= 15 is 0 Å². The van der Waals surface area contributed by atoms with Gasteiger partial charge in [0.05, 0.1) is 20.8 Å². The summed E-state index contributed by atoms with van der Waals surface area (Å²) in [7, 11) is 3.13. The van der Waals surface area contributed by atoms with E-state index in [2.05, 4.69) is 10.6 Å². The van der Waals surface area contributed by atoms with Gasteiger partial charge < -0.3 is 33.7 Å². The first-order valence-corrected chi connectivity index (χ1v) is 18.1. The average molecular weight is 751 g/mol. The molecule has 3 aromatic carbocycles. The summed E-state index contributed by atoms with van der Waals surface area (Å²) in [5.74, 6) is -0.458. The number of methoxy groups -OCH3 is 2. The van der Waals surface area contributed by atoms with Gasteiger partial charge in [0, 0.05) is 55.4 Å². The van der Waals surface area contributed by atoms with Crippen molar-refractivity contribution in [1.82, 2.24) is 14.8 Å². The summed E-state index contributed by atoms with van der Waals surface area (Å²) in [6, 6.07) is 24.9. The predicted molar refractivity (Wildman–Crippen MR) is 206 cm³/mol. The first-order valence-electron chi connectivity index (χ1n) is 18.1. The second kappa shape index (κ2) is 19.6. The van der Waals surface area contributed by atoms with Crippen molar-refractivity contribution in [2.75, 3.05) is 32.7 Å². The van der Waals surface area contributed by atoms with E-state index in [-0.39, 0.29) is 37.6 Å². The quantitative estimate of drug-likeness (QED) is 0.106. The van der Waals surface area contributed by atoms with Crippen LogP contribution in [0.3, 0.4) is 0 Å². The summed E-state index contributed by atoms with van der Waals surface area (Å²) in [5, 5.41) is 5.50. The molecule has 13 nitrogen and oxygen atoms in total. The SMILES string of the molecule is CCOC(=O)/C=C/[C@H](C[C@H]1CCN(Cc2ccc(OC)cc2OC)C1=O)NC(=O)[C@H](Cc1ccccc1)n1cccc(NC(=O)OCc2ccccc2)c1=O. The maximum absolute atomic E-state index is 14.3.